The molecule has 0 unspecified atom stereocenters. The normalized spacial score (nSPS) is 14.5. The molecule has 1 N–H and O–H groups in total. The third-order valence-corrected chi connectivity index (χ3v) is 4.76. The Morgan fingerprint density at radius 1 is 1.12 bits per heavy atom. The maximum Gasteiger partial charge on any atom is 0.230 e. The van der Waals surface area contributed by atoms with Gasteiger partial charge in [0.1, 0.15) is 0 Å². The van der Waals surface area contributed by atoms with Crippen LogP contribution >= 0.6 is 11.8 Å². The fourth-order valence-corrected chi connectivity index (χ4v) is 3.23. The van der Waals surface area contributed by atoms with Crippen LogP contribution in [-0.4, -0.2) is 24.9 Å². The van der Waals surface area contributed by atoms with Gasteiger partial charge in [0.15, 0.2) is 11.5 Å². The molecule has 126 valence electrons. The van der Waals surface area contributed by atoms with Crippen molar-refractivity contribution in [2.45, 2.75) is 24.3 Å². The second kappa shape index (κ2) is 8.11. The Bertz CT molecular complexity index is 690. The van der Waals surface area contributed by atoms with Gasteiger partial charge in [-0.2, -0.15) is 0 Å². The summed E-state index contributed by atoms with van der Waals surface area (Å²) in [5.41, 5.74) is 1.10. The van der Waals surface area contributed by atoms with E-state index in [1.54, 1.807) is 0 Å². The standard InChI is InChI=1S/C19H21NO3S/c1-14(15-6-3-2-4-7-15)20-19(21)13-24-16-8-9-17-18(12-16)23-11-5-10-22-17/h2-4,6-9,12,14H,5,10-11,13H2,1H3,(H,20,21)/t14-/m0/s1. The molecule has 0 fully saturated rings. The van der Waals surface area contributed by atoms with Crippen molar-refractivity contribution < 1.29 is 14.3 Å². The average Bonchev–Trinajstić information content (AvgIpc) is 2.85. The fraction of sp³-hybridized carbons (Fsp3) is 0.316. The molecule has 1 amide bonds. The minimum atomic E-state index is 0.00285. The van der Waals surface area contributed by atoms with E-state index in [1.165, 1.54) is 11.8 Å². The number of hydrogen-bond donors (Lipinski definition) is 1. The molecule has 2 aromatic carbocycles. The number of nitrogens with one attached hydrogen (secondary N) is 1. The third kappa shape index (κ3) is 4.45. The van der Waals surface area contributed by atoms with Gasteiger partial charge in [0, 0.05) is 11.3 Å². The van der Waals surface area contributed by atoms with Crippen molar-refractivity contribution in [1.82, 2.24) is 5.32 Å². The van der Waals surface area contributed by atoms with E-state index >= 15 is 0 Å². The number of thioether (sulfide) groups is 1. The minimum Gasteiger partial charge on any atom is -0.490 e. The molecule has 2 aromatic rings. The van der Waals surface area contributed by atoms with Crippen LogP contribution in [0.1, 0.15) is 24.9 Å². The highest BCUT2D eigenvalue weighted by Gasteiger charge is 2.13. The summed E-state index contributed by atoms with van der Waals surface area (Å²) in [7, 11) is 0. The first-order valence-corrected chi connectivity index (χ1v) is 9.08. The number of hydrogen-bond acceptors (Lipinski definition) is 4. The van der Waals surface area contributed by atoms with Crippen molar-refractivity contribution in [3.8, 4) is 11.5 Å². The van der Waals surface area contributed by atoms with E-state index in [9.17, 15) is 4.79 Å². The molecule has 1 heterocycles. The molecule has 1 aliphatic heterocycles. The van der Waals surface area contributed by atoms with Crippen LogP contribution in [0.25, 0.3) is 0 Å². The smallest absolute Gasteiger partial charge is 0.230 e. The fourth-order valence-electron chi connectivity index (χ4n) is 2.49. The molecule has 4 nitrogen and oxygen atoms in total. The average molecular weight is 343 g/mol. The van der Waals surface area contributed by atoms with Gasteiger partial charge in [-0.05, 0) is 30.7 Å². The van der Waals surface area contributed by atoms with Crippen molar-refractivity contribution in [3.05, 3.63) is 54.1 Å². The van der Waals surface area contributed by atoms with Crippen LogP contribution in [0.5, 0.6) is 11.5 Å². The Hall–Kier alpha value is -2.14. The Morgan fingerprint density at radius 3 is 2.67 bits per heavy atom. The summed E-state index contributed by atoms with van der Waals surface area (Å²) >= 11 is 1.50. The van der Waals surface area contributed by atoms with Crippen molar-refractivity contribution in [2.24, 2.45) is 0 Å². The van der Waals surface area contributed by atoms with E-state index in [2.05, 4.69) is 5.32 Å². The molecule has 0 spiro atoms. The lowest BCUT2D eigenvalue weighted by Gasteiger charge is -2.14. The molecule has 0 saturated heterocycles. The van der Waals surface area contributed by atoms with Crippen molar-refractivity contribution in [2.75, 3.05) is 19.0 Å². The van der Waals surface area contributed by atoms with Crippen molar-refractivity contribution in [3.63, 3.8) is 0 Å². The summed E-state index contributed by atoms with van der Waals surface area (Å²) in [6, 6.07) is 15.8. The predicted octanol–water partition coefficient (Wildman–Crippen LogP) is 3.82. The molecule has 1 atom stereocenters. The highest BCUT2D eigenvalue weighted by Crippen LogP contribution is 2.33. The van der Waals surface area contributed by atoms with Gasteiger partial charge in [0.2, 0.25) is 5.91 Å². The lowest BCUT2D eigenvalue weighted by Crippen LogP contribution is -2.28. The molecule has 0 aromatic heterocycles. The highest BCUT2D eigenvalue weighted by molar-refractivity contribution is 8.00. The SMILES string of the molecule is C[C@H](NC(=O)CSc1ccc2c(c1)OCCCO2)c1ccccc1. The second-order valence-corrected chi connectivity index (χ2v) is 6.70. The van der Waals surface area contributed by atoms with Gasteiger partial charge in [-0.1, -0.05) is 30.3 Å². The zero-order valence-corrected chi connectivity index (χ0v) is 14.5. The third-order valence-electron chi connectivity index (χ3n) is 3.77. The molecular weight excluding hydrogens is 322 g/mol. The van der Waals surface area contributed by atoms with Crippen molar-refractivity contribution in [1.29, 1.82) is 0 Å². The van der Waals surface area contributed by atoms with E-state index in [-0.39, 0.29) is 11.9 Å². The summed E-state index contributed by atoms with van der Waals surface area (Å²) in [6.45, 7) is 3.33. The van der Waals surface area contributed by atoms with E-state index in [1.807, 2.05) is 55.5 Å². The van der Waals surface area contributed by atoms with Crippen LogP contribution in [0, 0.1) is 0 Å². The molecule has 0 saturated carbocycles. The van der Waals surface area contributed by atoms with Gasteiger partial charge < -0.3 is 14.8 Å². The zero-order valence-electron chi connectivity index (χ0n) is 13.7. The van der Waals surface area contributed by atoms with Gasteiger partial charge in [-0.3, -0.25) is 4.79 Å². The van der Waals surface area contributed by atoms with Crippen LogP contribution < -0.4 is 14.8 Å². The number of carbonyl (C=O) groups excluding carboxylic acids is 1. The Morgan fingerprint density at radius 2 is 1.88 bits per heavy atom. The number of ether oxygens (including phenoxy) is 2. The van der Waals surface area contributed by atoms with E-state index in [0.717, 1.165) is 28.4 Å². The maximum atomic E-state index is 12.2. The Kier molecular flexibility index (Phi) is 5.64. The van der Waals surface area contributed by atoms with E-state index in [4.69, 9.17) is 9.47 Å². The Labute approximate surface area is 146 Å². The molecule has 5 heteroatoms. The maximum absolute atomic E-state index is 12.2. The molecule has 1 aliphatic rings. The van der Waals surface area contributed by atoms with Gasteiger partial charge in [0.25, 0.3) is 0 Å². The number of rotatable bonds is 5. The summed E-state index contributed by atoms with van der Waals surface area (Å²) in [5, 5.41) is 3.02. The number of fused-ring (bicyclic) bond motifs is 1. The van der Waals surface area contributed by atoms with E-state index < -0.39 is 0 Å². The number of carbonyl (C=O) groups is 1. The monoisotopic (exact) mass is 343 g/mol. The first kappa shape index (κ1) is 16.7. The van der Waals surface area contributed by atoms with Crippen LogP contribution in [-0.2, 0) is 4.79 Å². The summed E-state index contributed by atoms with van der Waals surface area (Å²) in [6.07, 6.45) is 0.886. The summed E-state index contributed by atoms with van der Waals surface area (Å²) in [5.74, 6) is 1.93. The van der Waals surface area contributed by atoms with Crippen molar-refractivity contribution >= 4 is 17.7 Å². The molecule has 3 rings (SSSR count). The first-order chi connectivity index (χ1) is 11.7. The van der Waals surface area contributed by atoms with Crippen LogP contribution in [0.3, 0.4) is 0 Å². The minimum absolute atomic E-state index is 0.00285. The molecule has 0 bridgehead atoms. The number of benzene rings is 2. The summed E-state index contributed by atoms with van der Waals surface area (Å²) < 4.78 is 11.3. The van der Waals surface area contributed by atoms with Gasteiger partial charge >= 0.3 is 0 Å². The lowest BCUT2D eigenvalue weighted by atomic mass is 10.1. The van der Waals surface area contributed by atoms with E-state index in [0.29, 0.717) is 19.0 Å². The molecule has 24 heavy (non-hydrogen) atoms. The zero-order chi connectivity index (χ0) is 16.8. The largest absolute Gasteiger partial charge is 0.490 e. The summed E-state index contributed by atoms with van der Waals surface area (Å²) in [4.78, 5) is 13.2. The molecular formula is C19H21NO3S. The highest BCUT2D eigenvalue weighted by atomic mass is 32.2. The first-order valence-electron chi connectivity index (χ1n) is 8.09. The van der Waals surface area contributed by atoms with Gasteiger partial charge in [-0.25, -0.2) is 0 Å². The molecule has 0 radical (unpaired) electrons. The number of amides is 1. The lowest BCUT2D eigenvalue weighted by molar-refractivity contribution is -0.119. The van der Waals surface area contributed by atoms with Crippen LogP contribution in [0.2, 0.25) is 0 Å². The van der Waals surface area contributed by atoms with Crippen LogP contribution in [0.15, 0.2) is 53.4 Å². The van der Waals surface area contributed by atoms with Gasteiger partial charge in [0.05, 0.1) is 25.0 Å². The Balaban J connectivity index is 1.54. The van der Waals surface area contributed by atoms with Crippen LogP contribution in [0.4, 0.5) is 0 Å². The topological polar surface area (TPSA) is 47.6 Å². The molecule has 0 aliphatic carbocycles. The van der Waals surface area contributed by atoms with Gasteiger partial charge in [-0.15, -0.1) is 11.8 Å². The predicted molar refractivity (Wildman–Crippen MR) is 95.8 cm³/mol. The second-order valence-electron chi connectivity index (χ2n) is 5.65. The quantitative estimate of drug-likeness (QED) is 0.839.